The van der Waals surface area contributed by atoms with E-state index < -0.39 is 0 Å². The van der Waals surface area contributed by atoms with Crippen molar-refractivity contribution in [2.75, 3.05) is 0 Å². The molecule has 31 valence electrons. The first-order valence-electron chi connectivity index (χ1n) is 1.40. The van der Waals surface area contributed by atoms with E-state index in [0.717, 1.165) is 0 Å². The Morgan fingerprint density at radius 3 is 2.50 bits per heavy atom. The van der Waals surface area contributed by atoms with E-state index in [1.54, 1.807) is 11.3 Å². The minimum atomic E-state index is 0. The minimum Gasteiger partial charge on any atom is -0.304 e. The molecular formula is C4H3SV-. The molecule has 0 fully saturated rings. The second kappa shape index (κ2) is 3.47. The Labute approximate surface area is 53.1 Å². The van der Waals surface area contributed by atoms with Crippen LogP contribution in [-0.4, -0.2) is 0 Å². The number of thiophene rings is 1. The van der Waals surface area contributed by atoms with E-state index in [4.69, 9.17) is 0 Å². The van der Waals surface area contributed by atoms with Gasteiger partial charge in [-0.1, -0.05) is 0 Å². The summed E-state index contributed by atoms with van der Waals surface area (Å²) in [7, 11) is 0. The SMILES string of the molecule is [V].[c-]1cccs1. The standard InChI is InChI=1S/C4H3S.V/c1-2-4-5-3-1;/h1-3H;/q-1;. The molecule has 6 heavy (non-hydrogen) atoms. The zero-order valence-electron chi connectivity index (χ0n) is 3.09. The van der Waals surface area contributed by atoms with Crippen LogP contribution in [0.4, 0.5) is 0 Å². The van der Waals surface area contributed by atoms with E-state index in [1.807, 2.05) is 17.5 Å². The summed E-state index contributed by atoms with van der Waals surface area (Å²) in [4.78, 5) is 0. The molecule has 0 nitrogen and oxygen atoms in total. The van der Waals surface area contributed by atoms with E-state index in [9.17, 15) is 0 Å². The van der Waals surface area contributed by atoms with Crippen molar-refractivity contribution in [2.45, 2.75) is 0 Å². The molecule has 1 aromatic rings. The maximum Gasteiger partial charge on any atom is 0 e. The maximum absolute atomic E-state index is 2.90. The van der Waals surface area contributed by atoms with Crippen molar-refractivity contribution in [3.05, 3.63) is 22.9 Å². The normalized spacial score (nSPS) is 6.67. The van der Waals surface area contributed by atoms with Crippen molar-refractivity contribution >= 4 is 11.3 Å². The van der Waals surface area contributed by atoms with Gasteiger partial charge >= 0.3 is 0 Å². The van der Waals surface area contributed by atoms with Crippen LogP contribution in [0, 0.1) is 5.38 Å². The van der Waals surface area contributed by atoms with Crippen molar-refractivity contribution < 1.29 is 18.6 Å². The molecular weight excluding hydrogens is 131 g/mol. The average Bonchev–Trinajstić information content (AvgIpc) is 1.76. The predicted molar refractivity (Wildman–Crippen MR) is 23.2 cm³/mol. The van der Waals surface area contributed by atoms with Crippen molar-refractivity contribution in [3.63, 3.8) is 0 Å². The molecule has 0 aliphatic heterocycles. The fourth-order valence-electron chi connectivity index (χ4n) is 0.196. The maximum atomic E-state index is 2.90. The Kier molecular flexibility index (Phi) is 3.64. The molecule has 0 saturated heterocycles. The summed E-state index contributed by atoms with van der Waals surface area (Å²) >= 11 is 1.59. The Hall–Kier alpha value is 0.284. The third kappa shape index (κ3) is 1.66. The second-order valence-corrected chi connectivity index (χ2v) is 1.47. The molecule has 0 atom stereocenters. The molecule has 0 aromatic carbocycles. The van der Waals surface area contributed by atoms with Gasteiger partial charge in [-0.3, -0.25) is 0 Å². The largest absolute Gasteiger partial charge is 0.304 e. The van der Waals surface area contributed by atoms with Gasteiger partial charge in [-0.2, -0.15) is 11.4 Å². The molecule has 0 aliphatic carbocycles. The molecule has 1 heterocycles. The van der Waals surface area contributed by atoms with Crippen LogP contribution < -0.4 is 0 Å². The van der Waals surface area contributed by atoms with Gasteiger partial charge in [0.05, 0.1) is 0 Å². The van der Waals surface area contributed by atoms with Crippen molar-refractivity contribution in [3.8, 4) is 0 Å². The molecule has 1 rings (SSSR count). The van der Waals surface area contributed by atoms with Gasteiger partial charge < -0.3 is 11.3 Å². The summed E-state index contributed by atoms with van der Waals surface area (Å²) in [6.45, 7) is 0. The molecule has 0 spiro atoms. The molecule has 0 unspecified atom stereocenters. The summed E-state index contributed by atoms with van der Waals surface area (Å²) in [5.74, 6) is 0. The summed E-state index contributed by atoms with van der Waals surface area (Å²) in [5.41, 5.74) is 0. The fraction of sp³-hybridized carbons (Fsp3) is 0. The van der Waals surface area contributed by atoms with Crippen LogP contribution in [0.15, 0.2) is 17.5 Å². The third-order valence-corrected chi connectivity index (χ3v) is 0.944. The first-order chi connectivity index (χ1) is 2.50. The molecule has 0 aliphatic rings. The summed E-state index contributed by atoms with van der Waals surface area (Å²) < 4.78 is 0. The number of hydrogen-bond donors (Lipinski definition) is 0. The average molecular weight is 134 g/mol. The van der Waals surface area contributed by atoms with Crippen LogP contribution in [0.5, 0.6) is 0 Å². The summed E-state index contributed by atoms with van der Waals surface area (Å²) in [6.07, 6.45) is 0. The first kappa shape index (κ1) is 6.28. The van der Waals surface area contributed by atoms with Gasteiger partial charge in [-0.25, -0.2) is 6.07 Å². The monoisotopic (exact) mass is 134 g/mol. The molecule has 1 radical (unpaired) electrons. The fourth-order valence-corrected chi connectivity index (χ4v) is 0.589. The van der Waals surface area contributed by atoms with Crippen LogP contribution in [0.25, 0.3) is 0 Å². The molecule has 0 saturated carbocycles. The predicted octanol–water partition coefficient (Wildman–Crippen LogP) is 1.55. The van der Waals surface area contributed by atoms with E-state index in [-0.39, 0.29) is 18.6 Å². The Balaban J connectivity index is 0.000000250. The van der Waals surface area contributed by atoms with Crippen molar-refractivity contribution in [1.29, 1.82) is 0 Å². The number of rotatable bonds is 0. The van der Waals surface area contributed by atoms with Crippen LogP contribution >= 0.6 is 11.3 Å². The van der Waals surface area contributed by atoms with Crippen molar-refractivity contribution in [2.24, 2.45) is 0 Å². The molecule has 0 bridgehead atoms. The minimum absolute atomic E-state index is 0. The van der Waals surface area contributed by atoms with Gasteiger partial charge in [0, 0.05) is 18.6 Å². The molecule has 0 amide bonds. The molecule has 1 aromatic heterocycles. The van der Waals surface area contributed by atoms with E-state index in [1.165, 1.54) is 0 Å². The van der Waals surface area contributed by atoms with Crippen LogP contribution in [-0.2, 0) is 18.6 Å². The Morgan fingerprint density at radius 1 is 1.50 bits per heavy atom. The number of hydrogen-bond acceptors (Lipinski definition) is 1. The van der Waals surface area contributed by atoms with E-state index in [0.29, 0.717) is 0 Å². The van der Waals surface area contributed by atoms with Crippen molar-refractivity contribution in [1.82, 2.24) is 0 Å². The van der Waals surface area contributed by atoms with Crippen LogP contribution in [0.2, 0.25) is 0 Å². The second-order valence-electron chi connectivity index (χ2n) is 0.731. The molecule has 2 heteroatoms. The smallest absolute Gasteiger partial charge is 0 e. The molecule has 0 N–H and O–H groups in total. The van der Waals surface area contributed by atoms with Gasteiger partial charge in [-0.15, -0.1) is 5.38 Å². The quantitative estimate of drug-likeness (QED) is 0.472. The summed E-state index contributed by atoms with van der Waals surface area (Å²) in [5, 5.41) is 4.89. The topological polar surface area (TPSA) is 0 Å². The summed E-state index contributed by atoms with van der Waals surface area (Å²) in [6, 6.07) is 3.86. The van der Waals surface area contributed by atoms with Gasteiger partial charge in [0.1, 0.15) is 0 Å². The van der Waals surface area contributed by atoms with Crippen LogP contribution in [0.3, 0.4) is 0 Å². The van der Waals surface area contributed by atoms with Gasteiger partial charge in [-0.05, 0) is 0 Å². The van der Waals surface area contributed by atoms with Gasteiger partial charge in [0.2, 0.25) is 0 Å². The zero-order valence-corrected chi connectivity index (χ0v) is 5.30. The van der Waals surface area contributed by atoms with E-state index >= 15 is 0 Å². The van der Waals surface area contributed by atoms with Crippen LogP contribution in [0.1, 0.15) is 0 Å². The Morgan fingerprint density at radius 2 is 2.33 bits per heavy atom. The van der Waals surface area contributed by atoms with Gasteiger partial charge in [0.15, 0.2) is 0 Å². The first-order valence-corrected chi connectivity index (χ1v) is 2.27. The Bertz CT molecular complexity index is 64.0. The third-order valence-electron chi connectivity index (χ3n) is 0.379. The zero-order chi connectivity index (χ0) is 3.54. The van der Waals surface area contributed by atoms with Gasteiger partial charge in [0.25, 0.3) is 0 Å². The van der Waals surface area contributed by atoms with E-state index in [2.05, 4.69) is 5.38 Å².